The van der Waals surface area contributed by atoms with E-state index in [0.717, 1.165) is 18.2 Å². The number of hydrogen-bond donors (Lipinski definition) is 0. The average molecular weight is 312 g/mol. The minimum Gasteiger partial charge on any atom is -0.744 e. The predicted molar refractivity (Wildman–Crippen MR) is 79.9 cm³/mol. The van der Waals surface area contributed by atoms with Crippen LogP contribution in [0.25, 0.3) is 0 Å². The SMILES string of the molecule is CCCCCCCCCCCCC/C=C/S(=O)(=O)[O-].[Na+]. The second-order valence-electron chi connectivity index (χ2n) is 5.19. The van der Waals surface area contributed by atoms with Crippen molar-refractivity contribution < 1.29 is 42.5 Å². The van der Waals surface area contributed by atoms with Gasteiger partial charge in [-0.1, -0.05) is 77.2 Å². The molecule has 0 N–H and O–H groups in total. The van der Waals surface area contributed by atoms with Crippen molar-refractivity contribution in [2.75, 3.05) is 0 Å². The Kier molecular flexibility index (Phi) is 18.4. The van der Waals surface area contributed by atoms with Crippen molar-refractivity contribution in [2.45, 2.75) is 84.0 Å². The van der Waals surface area contributed by atoms with Gasteiger partial charge in [0.1, 0.15) is 10.1 Å². The van der Waals surface area contributed by atoms with Gasteiger partial charge in [-0.3, -0.25) is 0 Å². The Morgan fingerprint density at radius 3 is 1.60 bits per heavy atom. The van der Waals surface area contributed by atoms with Crippen LogP contribution in [-0.4, -0.2) is 13.0 Å². The molecule has 0 amide bonds. The topological polar surface area (TPSA) is 57.2 Å². The van der Waals surface area contributed by atoms with Crippen LogP contribution in [0.2, 0.25) is 0 Å². The van der Waals surface area contributed by atoms with Crippen LogP contribution in [0.3, 0.4) is 0 Å². The molecule has 0 unspecified atom stereocenters. The van der Waals surface area contributed by atoms with Gasteiger partial charge in [-0.25, -0.2) is 8.42 Å². The van der Waals surface area contributed by atoms with E-state index in [2.05, 4.69) is 6.92 Å². The Balaban J connectivity index is 0. The molecule has 0 aromatic heterocycles. The van der Waals surface area contributed by atoms with Crippen molar-refractivity contribution in [2.24, 2.45) is 0 Å². The third-order valence-corrected chi connectivity index (χ3v) is 3.76. The second kappa shape index (κ2) is 16.0. The van der Waals surface area contributed by atoms with Gasteiger partial charge in [-0.2, -0.15) is 0 Å². The van der Waals surface area contributed by atoms with Crippen LogP contribution in [0.4, 0.5) is 0 Å². The van der Waals surface area contributed by atoms with E-state index >= 15 is 0 Å². The summed E-state index contributed by atoms with van der Waals surface area (Å²) in [5.41, 5.74) is 0. The van der Waals surface area contributed by atoms with Gasteiger partial charge in [0.15, 0.2) is 0 Å². The molecule has 0 aromatic carbocycles. The van der Waals surface area contributed by atoms with Gasteiger partial charge >= 0.3 is 29.6 Å². The maximum Gasteiger partial charge on any atom is 1.00 e. The van der Waals surface area contributed by atoms with E-state index in [1.807, 2.05) is 0 Å². The molecule has 0 radical (unpaired) electrons. The molecule has 0 aliphatic carbocycles. The summed E-state index contributed by atoms with van der Waals surface area (Å²) in [5.74, 6) is 0. The summed E-state index contributed by atoms with van der Waals surface area (Å²) in [4.78, 5) is 0. The third kappa shape index (κ3) is 21.0. The Morgan fingerprint density at radius 2 is 1.20 bits per heavy atom. The Morgan fingerprint density at radius 1 is 0.800 bits per heavy atom. The molecule has 3 nitrogen and oxygen atoms in total. The van der Waals surface area contributed by atoms with E-state index in [1.54, 1.807) is 0 Å². The molecular formula is C15H29NaO3S. The van der Waals surface area contributed by atoms with Crippen LogP contribution >= 0.6 is 0 Å². The maximum absolute atomic E-state index is 10.3. The molecule has 0 aliphatic rings. The smallest absolute Gasteiger partial charge is 0.744 e. The van der Waals surface area contributed by atoms with Crippen molar-refractivity contribution in [1.82, 2.24) is 0 Å². The molecule has 0 spiro atoms. The van der Waals surface area contributed by atoms with Gasteiger partial charge in [-0.15, -0.1) is 0 Å². The van der Waals surface area contributed by atoms with Crippen LogP contribution in [0.15, 0.2) is 11.5 Å². The monoisotopic (exact) mass is 312 g/mol. The van der Waals surface area contributed by atoms with Crippen LogP contribution < -0.4 is 29.6 Å². The van der Waals surface area contributed by atoms with Gasteiger partial charge in [-0.05, 0) is 12.8 Å². The van der Waals surface area contributed by atoms with Gasteiger partial charge in [0.2, 0.25) is 0 Å². The van der Waals surface area contributed by atoms with Crippen molar-refractivity contribution in [3.05, 3.63) is 11.5 Å². The number of allylic oxidation sites excluding steroid dienone is 1. The molecular weight excluding hydrogens is 283 g/mol. The summed E-state index contributed by atoms with van der Waals surface area (Å²) in [6.45, 7) is 2.24. The van der Waals surface area contributed by atoms with Crippen molar-refractivity contribution in [3.8, 4) is 0 Å². The number of rotatable bonds is 13. The first-order chi connectivity index (χ1) is 9.06. The van der Waals surface area contributed by atoms with E-state index in [0.29, 0.717) is 6.42 Å². The first-order valence-electron chi connectivity index (χ1n) is 7.68. The number of hydrogen-bond acceptors (Lipinski definition) is 3. The number of unbranched alkanes of at least 4 members (excludes halogenated alkanes) is 11. The molecule has 0 aliphatic heterocycles. The van der Waals surface area contributed by atoms with E-state index in [9.17, 15) is 13.0 Å². The quantitative estimate of drug-likeness (QED) is 0.296. The summed E-state index contributed by atoms with van der Waals surface area (Å²) in [5, 5.41) is 0.767. The van der Waals surface area contributed by atoms with E-state index < -0.39 is 10.1 Å². The predicted octanol–water partition coefficient (Wildman–Crippen LogP) is 1.75. The van der Waals surface area contributed by atoms with Gasteiger partial charge in [0.25, 0.3) is 0 Å². The maximum atomic E-state index is 10.3. The fraction of sp³-hybridized carbons (Fsp3) is 0.867. The minimum absolute atomic E-state index is 0. The van der Waals surface area contributed by atoms with Gasteiger partial charge in [0, 0.05) is 5.41 Å². The summed E-state index contributed by atoms with van der Waals surface area (Å²) >= 11 is 0. The molecule has 0 fully saturated rings. The molecule has 0 bridgehead atoms. The molecule has 0 saturated heterocycles. The first-order valence-corrected chi connectivity index (χ1v) is 9.16. The summed E-state index contributed by atoms with van der Waals surface area (Å²) in [6, 6.07) is 0. The zero-order valence-electron chi connectivity index (χ0n) is 13.3. The Labute approximate surface area is 147 Å². The third-order valence-electron chi connectivity index (χ3n) is 3.24. The first kappa shape index (κ1) is 22.9. The second-order valence-corrected chi connectivity index (χ2v) is 6.45. The van der Waals surface area contributed by atoms with Crippen LogP contribution in [-0.2, 0) is 10.1 Å². The fourth-order valence-electron chi connectivity index (χ4n) is 2.11. The molecule has 5 heteroatoms. The van der Waals surface area contributed by atoms with Gasteiger partial charge in [0.05, 0.1) is 0 Å². The largest absolute Gasteiger partial charge is 1.00 e. The van der Waals surface area contributed by atoms with Crippen molar-refractivity contribution >= 4 is 10.1 Å². The van der Waals surface area contributed by atoms with E-state index in [1.165, 1.54) is 63.9 Å². The standard InChI is InChI=1S/C15H30O3S.Na/c1-2-3-4-5-6-7-8-9-10-11-12-13-14-15-19(16,17)18;/h14-15H,2-13H2,1H3,(H,16,17,18);/q;+1/p-1/b15-14+;. The average Bonchev–Trinajstić information content (AvgIpc) is 2.34. The van der Waals surface area contributed by atoms with Crippen LogP contribution in [0.5, 0.6) is 0 Å². The molecule has 0 aromatic rings. The minimum atomic E-state index is -4.17. The molecule has 20 heavy (non-hydrogen) atoms. The zero-order valence-corrected chi connectivity index (χ0v) is 16.1. The van der Waals surface area contributed by atoms with E-state index in [4.69, 9.17) is 0 Å². The zero-order chi connectivity index (χ0) is 14.4. The van der Waals surface area contributed by atoms with Crippen LogP contribution in [0, 0.1) is 0 Å². The van der Waals surface area contributed by atoms with E-state index in [-0.39, 0.29) is 29.6 Å². The fourth-order valence-corrected chi connectivity index (χ4v) is 2.48. The molecule has 114 valence electrons. The normalized spacial score (nSPS) is 11.7. The summed E-state index contributed by atoms with van der Waals surface area (Å²) < 4.78 is 30.9. The van der Waals surface area contributed by atoms with Crippen LogP contribution in [0.1, 0.15) is 84.0 Å². The Bertz CT molecular complexity index is 313. The Hall–Kier alpha value is 0.650. The molecule has 0 saturated carbocycles. The molecule has 0 rings (SSSR count). The summed E-state index contributed by atoms with van der Waals surface area (Å²) in [7, 11) is -4.17. The summed E-state index contributed by atoms with van der Waals surface area (Å²) in [6.07, 6.45) is 16.2. The molecule has 0 atom stereocenters. The molecule has 0 heterocycles. The van der Waals surface area contributed by atoms with Crippen molar-refractivity contribution in [3.63, 3.8) is 0 Å². The van der Waals surface area contributed by atoms with Gasteiger partial charge < -0.3 is 4.55 Å². The van der Waals surface area contributed by atoms with Crippen molar-refractivity contribution in [1.29, 1.82) is 0 Å².